The van der Waals surface area contributed by atoms with E-state index < -0.39 is 0 Å². The Morgan fingerprint density at radius 1 is 1.13 bits per heavy atom. The number of piperazine rings is 1. The van der Waals surface area contributed by atoms with E-state index in [4.69, 9.17) is 4.74 Å². The minimum atomic E-state index is -0.00201. The average Bonchev–Trinajstić information content (AvgIpc) is 3.25. The number of fused-ring (bicyclic) bond motifs is 2. The lowest BCUT2D eigenvalue weighted by atomic mass is 9.68. The van der Waals surface area contributed by atoms with Gasteiger partial charge in [-0.25, -0.2) is 0 Å². The third-order valence-electron chi connectivity index (χ3n) is 8.90. The number of carbonyl (C=O) groups is 1. The zero-order valence-electron chi connectivity index (χ0n) is 19.1. The molecule has 7 heteroatoms. The van der Waals surface area contributed by atoms with E-state index in [1.54, 1.807) is 0 Å². The van der Waals surface area contributed by atoms with E-state index in [0.29, 0.717) is 34.8 Å². The van der Waals surface area contributed by atoms with Gasteiger partial charge in [-0.05, 0) is 44.4 Å². The molecule has 6 nitrogen and oxygen atoms in total. The molecule has 0 aromatic rings. The third kappa shape index (κ3) is 3.64. The highest BCUT2D eigenvalue weighted by atomic mass is 32.2. The Balaban J connectivity index is 1.09. The van der Waals surface area contributed by atoms with Crippen molar-refractivity contribution >= 4 is 17.7 Å². The van der Waals surface area contributed by atoms with Crippen molar-refractivity contribution in [1.82, 2.24) is 20.4 Å². The molecule has 0 radical (unpaired) electrons. The Morgan fingerprint density at radius 3 is 2.48 bits per heavy atom. The number of rotatable bonds is 3. The number of hydrogen-bond donors (Lipinski definition) is 2. The first-order valence-electron chi connectivity index (χ1n) is 12.4. The van der Waals surface area contributed by atoms with Gasteiger partial charge in [-0.1, -0.05) is 25.6 Å². The molecule has 172 valence electrons. The van der Waals surface area contributed by atoms with E-state index in [0.717, 1.165) is 45.8 Å². The van der Waals surface area contributed by atoms with Gasteiger partial charge < -0.3 is 20.3 Å². The molecule has 0 aromatic carbocycles. The fraction of sp³-hybridized carbons (Fsp3) is 0.875. The molecular weight excluding hydrogens is 408 g/mol. The predicted octanol–water partition coefficient (Wildman–Crippen LogP) is 2.72. The van der Waals surface area contributed by atoms with Crippen LogP contribution in [0.15, 0.2) is 10.6 Å². The summed E-state index contributed by atoms with van der Waals surface area (Å²) >= 11 is 1.99. The van der Waals surface area contributed by atoms with Gasteiger partial charge in [0.2, 0.25) is 5.91 Å². The first-order chi connectivity index (χ1) is 14.9. The van der Waals surface area contributed by atoms with Gasteiger partial charge in [0, 0.05) is 59.6 Å². The van der Waals surface area contributed by atoms with Crippen LogP contribution in [0.4, 0.5) is 0 Å². The van der Waals surface area contributed by atoms with Crippen LogP contribution in [0.25, 0.3) is 0 Å². The Morgan fingerprint density at radius 2 is 1.84 bits per heavy atom. The first-order valence-corrected chi connectivity index (χ1v) is 13.3. The molecule has 1 spiro atoms. The molecular formula is C24H38N4O2S. The van der Waals surface area contributed by atoms with Gasteiger partial charge in [0.25, 0.3) is 0 Å². The number of nitrogens with zero attached hydrogens (tertiary/aromatic N) is 2. The average molecular weight is 447 g/mol. The van der Waals surface area contributed by atoms with Crippen molar-refractivity contribution in [3.05, 3.63) is 10.6 Å². The van der Waals surface area contributed by atoms with E-state index in [1.807, 2.05) is 11.8 Å². The summed E-state index contributed by atoms with van der Waals surface area (Å²) in [4.78, 5) is 19.6. The summed E-state index contributed by atoms with van der Waals surface area (Å²) in [5, 5.41) is 7.51. The van der Waals surface area contributed by atoms with Crippen LogP contribution in [0.1, 0.15) is 58.8 Å². The van der Waals surface area contributed by atoms with Crippen LogP contribution in [-0.2, 0) is 9.53 Å². The molecule has 31 heavy (non-hydrogen) atoms. The van der Waals surface area contributed by atoms with Crippen molar-refractivity contribution in [3.8, 4) is 0 Å². The minimum Gasteiger partial charge on any atom is -0.380 e. The summed E-state index contributed by atoms with van der Waals surface area (Å²) in [5.74, 6) is 0.938. The van der Waals surface area contributed by atoms with E-state index in [-0.39, 0.29) is 5.41 Å². The Hall–Kier alpha value is -0.760. The lowest BCUT2D eigenvalue weighted by Crippen LogP contribution is -2.58. The van der Waals surface area contributed by atoms with Crippen LogP contribution in [0.2, 0.25) is 0 Å². The highest BCUT2D eigenvalue weighted by Crippen LogP contribution is 2.48. The second kappa shape index (κ2) is 7.64. The summed E-state index contributed by atoms with van der Waals surface area (Å²) in [6, 6.07) is 1.31. The monoisotopic (exact) mass is 446 g/mol. The van der Waals surface area contributed by atoms with Crippen molar-refractivity contribution in [3.63, 3.8) is 0 Å². The number of thioether (sulfide) groups is 1. The quantitative estimate of drug-likeness (QED) is 0.695. The largest absolute Gasteiger partial charge is 0.380 e. The molecule has 5 aliphatic heterocycles. The fourth-order valence-corrected chi connectivity index (χ4v) is 8.55. The number of nitrogens with one attached hydrogen (secondary N) is 2. The molecule has 6 rings (SSSR count). The number of hydrogen-bond acceptors (Lipinski definition) is 6. The molecule has 3 saturated heterocycles. The van der Waals surface area contributed by atoms with Crippen molar-refractivity contribution in [1.29, 1.82) is 0 Å². The first kappa shape index (κ1) is 20.8. The minimum absolute atomic E-state index is 0.00201. The predicted molar refractivity (Wildman–Crippen MR) is 123 cm³/mol. The summed E-state index contributed by atoms with van der Waals surface area (Å²) < 4.78 is 5.46. The topological polar surface area (TPSA) is 56.8 Å². The number of ether oxygens (including phenoxy) is 1. The third-order valence-corrected chi connectivity index (χ3v) is 10.1. The van der Waals surface area contributed by atoms with Gasteiger partial charge in [0.15, 0.2) is 0 Å². The van der Waals surface area contributed by atoms with Crippen LogP contribution in [0, 0.1) is 16.7 Å². The zero-order chi connectivity index (χ0) is 21.2. The van der Waals surface area contributed by atoms with E-state index in [2.05, 4.69) is 34.3 Å². The molecule has 0 aromatic heterocycles. The van der Waals surface area contributed by atoms with Crippen LogP contribution < -0.4 is 10.6 Å². The SMILES string of the molecule is CC1(C)CN(C(=O)CC2CCC3(CC2)COC3)CC2=C1NC(N1C3CCC1CNC3)S2. The molecule has 5 heterocycles. The normalized spacial score (nSPS) is 37.0. The standard InChI is InChI=1S/C24H38N4O2S/c1-23(2)13-27(20(29)9-16-5-7-24(8-6-16)14-30-15-24)12-19-21(23)26-22(31-19)28-17-3-4-18(28)11-25-10-17/h16-18,22,25-26H,3-15H2,1-2H3. The van der Waals surface area contributed by atoms with Gasteiger partial charge in [0.05, 0.1) is 19.8 Å². The molecule has 4 fully saturated rings. The van der Waals surface area contributed by atoms with E-state index in [9.17, 15) is 4.79 Å². The lowest BCUT2D eigenvalue weighted by molar-refractivity contribution is -0.142. The molecule has 1 aliphatic carbocycles. The van der Waals surface area contributed by atoms with Crippen molar-refractivity contribution in [2.75, 3.05) is 39.4 Å². The Kier molecular flexibility index (Phi) is 5.13. The summed E-state index contributed by atoms with van der Waals surface area (Å²) in [6.45, 7) is 10.4. The smallest absolute Gasteiger partial charge is 0.223 e. The molecule has 1 saturated carbocycles. The maximum absolute atomic E-state index is 13.3. The van der Waals surface area contributed by atoms with Crippen molar-refractivity contribution < 1.29 is 9.53 Å². The second-order valence-electron chi connectivity index (χ2n) is 11.7. The Bertz CT molecular complexity index is 754. The number of amides is 1. The highest BCUT2D eigenvalue weighted by molar-refractivity contribution is 8.03. The lowest BCUT2D eigenvalue weighted by Gasteiger charge is -2.46. The number of carbonyl (C=O) groups excluding carboxylic acids is 1. The van der Waals surface area contributed by atoms with Gasteiger partial charge >= 0.3 is 0 Å². The molecule has 3 atom stereocenters. The fourth-order valence-electron chi connectivity index (χ4n) is 6.96. The summed E-state index contributed by atoms with van der Waals surface area (Å²) in [6.07, 6.45) is 8.25. The van der Waals surface area contributed by atoms with Gasteiger partial charge in [0.1, 0.15) is 5.50 Å². The highest BCUT2D eigenvalue weighted by Gasteiger charge is 2.48. The van der Waals surface area contributed by atoms with Gasteiger partial charge in [-0.3, -0.25) is 9.69 Å². The van der Waals surface area contributed by atoms with Crippen molar-refractivity contribution in [2.45, 2.75) is 76.4 Å². The summed E-state index contributed by atoms with van der Waals surface area (Å²) in [7, 11) is 0. The van der Waals surface area contributed by atoms with E-state index in [1.165, 1.54) is 49.1 Å². The van der Waals surface area contributed by atoms with Crippen LogP contribution in [-0.4, -0.2) is 72.7 Å². The molecule has 6 aliphatic rings. The molecule has 3 unspecified atom stereocenters. The van der Waals surface area contributed by atoms with Crippen LogP contribution in [0.5, 0.6) is 0 Å². The Labute approximate surface area is 190 Å². The maximum Gasteiger partial charge on any atom is 0.223 e. The maximum atomic E-state index is 13.3. The van der Waals surface area contributed by atoms with Gasteiger partial charge in [-0.2, -0.15) is 0 Å². The van der Waals surface area contributed by atoms with Crippen LogP contribution in [0.3, 0.4) is 0 Å². The van der Waals surface area contributed by atoms with Crippen molar-refractivity contribution in [2.24, 2.45) is 16.7 Å². The van der Waals surface area contributed by atoms with Crippen LogP contribution >= 0.6 is 11.8 Å². The molecule has 2 bridgehead atoms. The van der Waals surface area contributed by atoms with Gasteiger partial charge in [-0.15, -0.1) is 0 Å². The zero-order valence-corrected chi connectivity index (χ0v) is 19.9. The molecule has 2 N–H and O–H groups in total. The summed E-state index contributed by atoms with van der Waals surface area (Å²) in [5.41, 5.74) is 2.21. The van der Waals surface area contributed by atoms with E-state index >= 15 is 0 Å². The second-order valence-corrected chi connectivity index (χ2v) is 12.9. The molecule has 1 amide bonds.